The van der Waals surface area contributed by atoms with Gasteiger partial charge in [-0.2, -0.15) is 4.31 Å². The molecular weight excluding hydrogens is 536 g/mol. The van der Waals surface area contributed by atoms with Crippen molar-refractivity contribution >= 4 is 21.6 Å². The largest absolute Gasteiger partial charge is 0.495 e. The lowest BCUT2D eigenvalue weighted by Crippen LogP contribution is -2.30. The number of hydrogen-bond acceptors (Lipinski definition) is 5. The van der Waals surface area contributed by atoms with Crippen molar-refractivity contribution in [1.82, 2.24) is 8.87 Å². The van der Waals surface area contributed by atoms with Crippen LogP contribution in [0, 0.1) is 0 Å². The van der Waals surface area contributed by atoms with Gasteiger partial charge in [-0.25, -0.2) is 17.8 Å². The molecule has 1 aromatic heterocycles. The summed E-state index contributed by atoms with van der Waals surface area (Å²) in [5.41, 5.74) is 3.31. The topological polar surface area (TPSA) is 81.8 Å². The molecule has 0 unspecified atom stereocenters. The fourth-order valence-electron chi connectivity index (χ4n) is 4.29. The van der Waals surface area contributed by atoms with E-state index >= 15 is 0 Å². The van der Waals surface area contributed by atoms with Crippen LogP contribution in [0.2, 0.25) is 5.02 Å². The van der Waals surface area contributed by atoms with Crippen molar-refractivity contribution in [2.45, 2.75) is 18.0 Å². The van der Waals surface area contributed by atoms with Crippen molar-refractivity contribution in [2.75, 3.05) is 7.11 Å². The van der Waals surface area contributed by atoms with Crippen LogP contribution >= 0.6 is 11.6 Å². The molecule has 0 amide bonds. The maximum Gasteiger partial charge on any atom is 0.424 e. The van der Waals surface area contributed by atoms with E-state index in [2.05, 4.69) is 0 Å². The maximum atomic E-state index is 13.8. The predicted octanol–water partition coefficient (Wildman–Crippen LogP) is 6.15. The monoisotopic (exact) mass is 560 g/mol. The van der Waals surface area contributed by atoms with Crippen LogP contribution in [0.1, 0.15) is 11.1 Å². The Hall–Kier alpha value is -4.11. The number of benzene rings is 4. The maximum absolute atomic E-state index is 13.8. The van der Waals surface area contributed by atoms with Crippen molar-refractivity contribution in [2.24, 2.45) is 0 Å². The molecule has 0 bridgehead atoms. The number of hydrogen-bond donors (Lipinski definition) is 0. The van der Waals surface area contributed by atoms with E-state index < -0.39 is 15.8 Å². The molecule has 5 aromatic rings. The first kappa shape index (κ1) is 26.5. The number of ether oxygens (including phenoxy) is 1. The Balaban J connectivity index is 1.48. The van der Waals surface area contributed by atoms with E-state index in [1.807, 2.05) is 60.7 Å². The van der Waals surface area contributed by atoms with Crippen molar-refractivity contribution in [1.29, 1.82) is 0 Å². The van der Waals surface area contributed by atoms with Crippen molar-refractivity contribution < 1.29 is 17.6 Å². The van der Waals surface area contributed by atoms with Gasteiger partial charge in [0.05, 0.1) is 28.4 Å². The highest BCUT2D eigenvalue weighted by Gasteiger charge is 2.25. The highest BCUT2D eigenvalue weighted by atomic mass is 35.5. The molecule has 0 radical (unpaired) electrons. The van der Waals surface area contributed by atoms with E-state index in [0.717, 1.165) is 11.1 Å². The van der Waals surface area contributed by atoms with Gasteiger partial charge in [-0.05, 0) is 41.5 Å². The average molecular weight is 561 g/mol. The van der Waals surface area contributed by atoms with Crippen LogP contribution in [0.4, 0.5) is 0 Å². The van der Waals surface area contributed by atoms with Gasteiger partial charge >= 0.3 is 5.76 Å². The van der Waals surface area contributed by atoms with Crippen LogP contribution in [0.25, 0.3) is 16.9 Å². The zero-order chi connectivity index (χ0) is 27.4. The molecular formula is C30H25ClN2O5S. The van der Waals surface area contributed by atoms with E-state index in [9.17, 15) is 13.2 Å². The number of rotatable bonds is 9. The Morgan fingerprint density at radius 2 is 1.44 bits per heavy atom. The molecule has 0 aliphatic rings. The van der Waals surface area contributed by atoms with Crippen molar-refractivity contribution in [3.63, 3.8) is 0 Å². The first-order chi connectivity index (χ1) is 18.9. The SMILES string of the molecule is COc1ccc(-n2c(-c3ccc(S(=O)(=O)N(Cc4ccccc4)Cc4ccccc4)cc3)coc2=O)cc1Cl. The fraction of sp³-hybridized carbons (Fsp3) is 0.100. The fourth-order valence-corrected chi connectivity index (χ4v) is 5.96. The molecule has 0 fully saturated rings. The zero-order valence-electron chi connectivity index (χ0n) is 21.0. The Kier molecular flexibility index (Phi) is 7.70. The quantitative estimate of drug-likeness (QED) is 0.216. The third-order valence-electron chi connectivity index (χ3n) is 6.28. The number of sulfonamides is 1. The first-order valence-corrected chi connectivity index (χ1v) is 13.9. The van der Waals surface area contributed by atoms with Gasteiger partial charge in [0, 0.05) is 18.7 Å². The van der Waals surface area contributed by atoms with Gasteiger partial charge in [0.25, 0.3) is 0 Å². The summed E-state index contributed by atoms with van der Waals surface area (Å²) in [4.78, 5) is 12.7. The summed E-state index contributed by atoms with van der Waals surface area (Å²) in [5.74, 6) is -0.122. The van der Waals surface area contributed by atoms with E-state index in [0.29, 0.717) is 27.7 Å². The van der Waals surface area contributed by atoms with Crippen LogP contribution in [0.15, 0.2) is 123 Å². The van der Waals surface area contributed by atoms with Gasteiger partial charge in [0.15, 0.2) is 0 Å². The summed E-state index contributed by atoms with van der Waals surface area (Å²) in [5, 5.41) is 0.340. The molecule has 0 saturated carbocycles. The molecule has 7 nitrogen and oxygen atoms in total. The Bertz CT molecular complexity index is 1690. The molecule has 0 N–H and O–H groups in total. The number of nitrogens with zero attached hydrogens (tertiary/aromatic N) is 2. The van der Waals surface area contributed by atoms with Crippen LogP contribution in [-0.4, -0.2) is 24.4 Å². The summed E-state index contributed by atoms with van der Waals surface area (Å²) >= 11 is 6.27. The van der Waals surface area contributed by atoms with E-state index in [1.165, 1.54) is 34.4 Å². The van der Waals surface area contributed by atoms with Crippen LogP contribution in [-0.2, 0) is 23.1 Å². The van der Waals surface area contributed by atoms with Crippen LogP contribution < -0.4 is 10.5 Å². The molecule has 0 aliphatic heterocycles. The third-order valence-corrected chi connectivity index (χ3v) is 8.38. The highest BCUT2D eigenvalue weighted by molar-refractivity contribution is 7.89. The molecule has 5 rings (SSSR count). The molecule has 4 aromatic carbocycles. The van der Waals surface area contributed by atoms with Crippen LogP contribution in [0.5, 0.6) is 5.75 Å². The Labute approximate surface area is 231 Å². The second kappa shape index (κ2) is 11.3. The second-order valence-corrected chi connectivity index (χ2v) is 11.2. The van der Waals surface area contributed by atoms with Gasteiger partial charge in [-0.3, -0.25) is 0 Å². The Morgan fingerprint density at radius 1 is 0.846 bits per heavy atom. The molecule has 1 heterocycles. The lowest BCUT2D eigenvalue weighted by Gasteiger charge is -2.23. The standard InChI is InChI=1S/C30H25ClN2O5S/c1-37-29-17-14-25(18-27(29)31)33-28(21-38-30(33)34)24-12-15-26(16-13-24)39(35,36)32(19-22-8-4-2-5-9-22)20-23-10-6-3-7-11-23/h2-18,21H,19-20H2,1H3. The lowest BCUT2D eigenvalue weighted by atomic mass is 10.1. The average Bonchev–Trinajstić information content (AvgIpc) is 3.35. The summed E-state index contributed by atoms with van der Waals surface area (Å²) in [6.45, 7) is 0.443. The predicted molar refractivity (Wildman–Crippen MR) is 151 cm³/mol. The summed E-state index contributed by atoms with van der Waals surface area (Å²) in [6.07, 6.45) is 1.33. The Morgan fingerprint density at radius 3 is 1.97 bits per heavy atom. The lowest BCUT2D eigenvalue weighted by molar-refractivity contribution is 0.401. The second-order valence-electron chi connectivity index (χ2n) is 8.81. The normalized spacial score (nSPS) is 11.6. The number of methoxy groups -OCH3 is 1. The van der Waals surface area contributed by atoms with E-state index in [-0.39, 0.29) is 18.0 Å². The van der Waals surface area contributed by atoms with Gasteiger partial charge in [0.2, 0.25) is 10.0 Å². The molecule has 0 saturated heterocycles. The minimum absolute atomic E-state index is 0.142. The molecule has 9 heteroatoms. The first-order valence-electron chi connectivity index (χ1n) is 12.1. The van der Waals surface area contributed by atoms with E-state index in [1.54, 1.807) is 30.3 Å². The summed E-state index contributed by atoms with van der Waals surface area (Å²) < 4.78 is 40.8. The van der Waals surface area contributed by atoms with Gasteiger partial charge in [-0.1, -0.05) is 84.4 Å². The zero-order valence-corrected chi connectivity index (χ0v) is 22.6. The molecule has 0 spiro atoms. The molecule has 0 atom stereocenters. The van der Waals surface area contributed by atoms with E-state index in [4.69, 9.17) is 20.8 Å². The number of halogens is 1. The molecule has 198 valence electrons. The minimum Gasteiger partial charge on any atom is -0.495 e. The smallest absolute Gasteiger partial charge is 0.424 e. The van der Waals surface area contributed by atoms with Gasteiger partial charge in [-0.15, -0.1) is 0 Å². The summed E-state index contributed by atoms with van der Waals surface area (Å²) in [6, 6.07) is 30.3. The summed E-state index contributed by atoms with van der Waals surface area (Å²) in [7, 11) is -2.35. The van der Waals surface area contributed by atoms with Gasteiger partial charge < -0.3 is 9.15 Å². The highest BCUT2D eigenvalue weighted by Crippen LogP contribution is 2.30. The number of aromatic nitrogens is 1. The molecule has 0 aliphatic carbocycles. The van der Waals surface area contributed by atoms with Crippen molar-refractivity contribution in [3.05, 3.63) is 136 Å². The minimum atomic E-state index is -3.86. The number of oxazole rings is 1. The van der Waals surface area contributed by atoms with Crippen LogP contribution in [0.3, 0.4) is 0 Å². The van der Waals surface area contributed by atoms with Gasteiger partial charge in [0.1, 0.15) is 12.0 Å². The molecule has 39 heavy (non-hydrogen) atoms. The van der Waals surface area contributed by atoms with Crippen molar-refractivity contribution in [3.8, 4) is 22.7 Å². The third kappa shape index (κ3) is 5.68.